The summed E-state index contributed by atoms with van der Waals surface area (Å²) in [5, 5.41) is 3.84. The third-order valence-electron chi connectivity index (χ3n) is 6.29. The highest BCUT2D eigenvalue weighted by Crippen LogP contribution is 2.60. The zero-order chi connectivity index (χ0) is 15.5. The first kappa shape index (κ1) is 14.7. The van der Waals surface area contributed by atoms with Gasteiger partial charge in [-0.15, -0.1) is 0 Å². The number of rotatable bonds is 1. The van der Waals surface area contributed by atoms with Crippen molar-refractivity contribution in [2.24, 2.45) is 28.8 Å². The molecule has 8 atom stereocenters. The summed E-state index contributed by atoms with van der Waals surface area (Å²) in [5.74, 6) is 0.398. The van der Waals surface area contributed by atoms with Gasteiger partial charge < -0.3 is 9.47 Å². The minimum absolute atomic E-state index is 0.0804. The lowest BCUT2D eigenvalue weighted by Gasteiger charge is -2.60. The van der Waals surface area contributed by atoms with Crippen molar-refractivity contribution in [3.05, 3.63) is 10.4 Å². The van der Waals surface area contributed by atoms with Gasteiger partial charge in [0.25, 0.3) is 0 Å². The van der Waals surface area contributed by atoms with E-state index in [1.54, 1.807) is 0 Å². The Labute approximate surface area is 129 Å². The van der Waals surface area contributed by atoms with Gasteiger partial charge in [-0.3, -0.25) is 0 Å². The van der Waals surface area contributed by atoms with Gasteiger partial charge in [0.05, 0.1) is 0 Å². The van der Waals surface area contributed by atoms with Crippen molar-refractivity contribution in [2.45, 2.75) is 70.4 Å². The zero-order valence-electron chi connectivity index (χ0n) is 13.3. The minimum atomic E-state index is -0.779. The van der Waals surface area contributed by atoms with E-state index in [0.29, 0.717) is 11.8 Å². The van der Waals surface area contributed by atoms with Gasteiger partial charge in [-0.25, -0.2) is 9.78 Å². The molecule has 0 radical (unpaired) electrons. The normalized spacial score (nSPS) is 56.7. The first-order valence-electron chi connectivity index (χ1n) is 8.24. The molecule has 4 heterocycles. The number of fused-ring (bicyclic) bond motifs is 2. The number of ether oxygens (including phenoxy) is 2. The van der Waals surface area contributed by atoms with Crippen LogP contribution in [0.5, 0.6) is 0 Å². The third kappa shape index (κ3) is 1.80. The third-order valence-corrected chi connectivity index (χ3v) is 6.29. The van der Waals surface area contributed by atoms with Crippen molar-refractivity contribution in [1.29, 1.82) is 0 Å². The van der Waals surface area contributed by atoms with Gasteiger partial charge in [0, 0.05) is 17.3 Å². The lowest BCUT2D eigenvalue weighted by atomic mass is 9.58. The van der Waals surface area contributed by atoms with Crippen molar-refractivity contribution < 1.29 is 19.2 Å². The van der Waals surface area contributed by atoms with Crippen LogP contribution >= 0.6 is 0 Å². The summed E-state index contributed by atoms with van der Waals surface area (Å²) < 4.78 is 12.2. The zero-order valence-corrected chi connectivity index (χ0v) is 13.3. The highest BCUT2D eigenvalue weighted by molar-refractivity contribution is 5.09. The predicted molar refractivity (Wildman–Crippen MR) is 76.0 cm³/mol. The van der Waals surface area contributed by atoms with Crippen LogP contribution in [-0.4, -0.2) is 23.9 Å². The molecule has 4 aliphatic heterocycles. The van der Waals surface area contributed by atoms with E-state index in [1.807, 2.05) is 6.92 Å². The maximum atomic E-state index is 8.82. The molecule has 1 unspecified atom stereocenters. The summed E-state index contributed by atoms with van der Waals surface area (Å²) in [6.45, 7) is 6.24. The van der Waals surface area contributed by atoms with Gasteiger partial charge in [-0.2, -0.15) is 0 Å². The van der Waals surface area contributed by atoms with E-state index < -0.39 is 23.9 Å². The summed E-state index contributed by atoms with van der Waals surface area (Å²) in [6.07, 6.45) is 2.92. The average Bonchev–Trinajstić information content (AvgIpc) is 2.71. The van der Waals surface area contributed by atoms with E-state index >= 15 is 0 Å². The van der Waals surface area contributed by atoms with Crippen LogP contribution in [0.3, 0.4) is 0 Å². The van der Waals surface area contributed by atoms with Gasteiger partial charge in [0.1, 0.15) is 6.23 Å². The maximum Gasteiger partial charge on any atom is 0.201 e. The molecule has 7 heteroatoms. The lowest BCUT2D eigenvalue weighted by Crippen LogP contribution is -2.70. The second-order valence-corrected chi connectivity index (χ2v) is 7.50. The maximum absolute atomic E-state index is 8.82. The summed E-state index contributed by atoms with van der Waals surface area (Å²) in [5.41, 5.74) is 8.24. The fraction of sp³-hybridized carbons (Fsp3) is 1.00. The molecule has 0 aromatic carbocycles. The molecule has 0 aromatic heterocycles. The highest BCUT2D eigenvalue weighted by Gasteiger charge is 2.69. The molecule has 5 fully saturated rings. The summed E-state index contributed by atoms with van der Waals surface area (Å²) in [7, 11) is 0. The molecule has 22 heavy (non-hydrogen) atoms. The van der Waals surface area contributed by atoms with Crippen LogP contribution in [0.1, 0.15) is 46.5 Å². The monoisotopic (exact) mass is 309 g/mol. The molecular weight excluding hydrogens is 286 g/mol. The molecular formula is C15H23N3O4. The Hall–Kier alpha value is -0.850. The Kier molecular flexibility index (Phi) is 3.23. The quantitative estimate of drug-likeness (QED) is 0.321. The van der Waals surface area contributed by atoms with Crippen LogP contribution < -0.4 is 0 Å². The van der Waals surface area contributed by atoms with Gasteiger partial charge in [-0.1, -0.05) is 19.0 Å². The molecule has 122 valence electrons. The fourth-order valence-corrected chi connectivity index (χ4v) is 5.07. The smallest absolute Gasteiger partial charge is 0.201 e. The van der Waals surface area contributed by atoms with Crippen LogP contribution in [0.25, 0.3) is 10.4 Å². The van der Waals surface area contributed by atoms with Crippen molar-refractivity contribution in [1.82, 2.24) is 0 Å². The average molecular weight is 309 g/mol. The standard InChI is InChI=1S/C15H23N3O4/c1-8-4-5-11-9(2)12(17-18-16)19-13-15(11)10(8)6-7-14(3,20-13)21-22-15/h8-13H,4-7H2,1-3H3/t8-,9-,10+,11+,12?,13-,14-,15-/m1/s1. The first-order valence-corrected chi connectivity index (χ1v) is 8.24. The topological polar surface area (TPSA) is 85.7 Å². The second kappa shape index (κ2) is 4.82. The first-order chi connectivity index (χ1) is 10.5. The van der Waals surface area contributed by atoms with Crippen molar-refractivity contribution in [2.75, 3.05) is 0 Å². The Balaban J connectivity index is 1.80. The summed E-state index contributed by atoms with van der Waals surface area (Å²) in [6, 6.07) is 0. The molecule has 2 bridgehead atoms. The van der Waals surface area contributed by atoms with Crippen LogP contribution in [0.15, 0.2) is 5.11 Å². The summed E-state index contributed by atoms with van der Waals surface area (Å²) >= 11 is 0. The number of nitrogens with zero attached hydrogens (tertiary/aromatic N) is 3. The van der Waals surface area contributed by atoms with E-state index in [4.69, 9.17) is 24.8 Å². The molecule has 0 N–H and O–H groups in total. The molecule has 1 aliphatic carbocycles. The van der Waals surface area contributed by atoms with Crippen molar-refractivity contribution >= 4 is 0 Å². The minimum Gasteiger partial charge on any atom is -0.340 e. The molecule has 7 nitrogen and oxygen atoms in total. The van der Waals surface area contributed by atoms with Crippen LogP contribution in [0.4, 0.5) is 0 Å². The molecule has 5 rings (SSSR count). The Bertz CT molecular complexity index is 525. The predicted octanol–water partition coefficient (Wildman–Crippen LogP) is 3.50. The SMILES string of the molecule is C[C@@H]1CC[C@H]2[C@@H](C)C(N=[N+]=[N-])O[C@@H]3O[C@@]4(C)CC[C@@H]1[C@]32OO4. The van der Waals surface area contributed by atoms with Gasteiger partial charge in [0.15, 0.2) is 11.9 Å². The molecule has 0 amide bonds. The van der Waals surface area contributed by atoms with Gasteiger partial charge in [-0.05, 0) is 49.5 Å². The largest absolute Gasteiger partial charge is 0.340 e. The van der Waals surface area contributed by atoms with E-state index in [2.05, 4.69) is 23.9 Å². The van der Waals surface area contributed by atoms with Crippen LogP contribution in [0, 0.1) is 23.7 Å². The highest BCUT2D eigenvalue weighted by atomic mass is 17.3. The molecule has 1 spiro atoms. The van der Waals surface area contributed by atoms with Gasteiger partial charge >= 0.3 is 0 Å². The number of hydrogen-bond acceptors (Lipinski definition) is 5. The summed E-state index contributed by atoms with van der Waals surface area (Å²) in [4.78, 5) is 14.7. The van der Waals surface area contributed by atoms with Crippen LogP contribution in [0.2, 0.25) is 0 Å². The van der Waals surface area contributed by atoms with Gasteiger partial charge in [0.2, 0.25) is 5.79 Å². The Morgan fingerprint density at radius 1 is 1.14 bits per heavy atom. The number of hydrogen-bond donors (Lipinski definition) is 0. The fourth-order valence-electron chi connectivity index (χ4n) is 5.07. The Morgan fingerprint density at radius 2 is 1.95 bits per heavy atom. The van der Waals surface area contributed by atoms with E-state index in [9.17, 15) is 0 Å². The van der Waals surface area contributed by atoms with Crippen LogP contribution in [-0.2, 0) is 19.2 Å². The van der Waals surface area contributed by atoms with E-state index in [-0.39, 0.29) is 11.8 Å². The van der Waals surface area contributed by atoms with Crippen molar-refractivity contribution in [3.63, 3.8) is 0 Å². The van der Waals surface area contributed by atoms with E-state index in [1.165, 1.54) is 0 Å². The Morgan fingerprint density at radius 3 is 2.73 bits per heavy atom. The van der Waals surface area contributed by atoms with Crippen molar-refractivity contribution in [3.8, 4) is 0 Å². The molecule has 4 saturated heterocycles. The lowest BCUT2D eigenvalue weighted by molar-refractivity contribution is -0.570. The molecule has 5 aliphatic rings. The molecule has 1 saturated carbocycles. The number of azide groups is 1. The molecule has 0 aromatic rings. The van der Waals surface area contributed by atoms with E-state index in [0.717, 1.165) is 25.7 Å². The second-order valence-electron chi connectivity index (χ2n) is 7.50.